The molecule has 1 aliphatic heterocycles. The van der Waals surface area contributed by atoms with E-state index in [1.165, 1.54) is 30.0 Å². The summed E-state index contributed by atoms with van der Waals surface area (Å²) in [6, 6.07) is 1.17. The van der Waals surface area contributed by atoms with Crippen LogP contribution in [0.15, 0.2) is 5.38 Å². The van der Waals surface area contributed by atoms with E-state index in [0.717, 1.165) is 38.6 Å². The molecule has 24 heavy (non-hydrogen) atoms. The predicted molar refractivity (Wildman–Crippen MR) is 104 cm³/mol. The zero-order chi connectivity index (χ0) is 16.3. The molecule has 1 aromatic heterocycles. The topological polar surface area (TPSA) is 46.2 Å². The van der Waals surface area contributed by atoms with Gasteiger partial charge in [-0.05, 0) is 18.8 Å². The van der Waals surface area contributed by atoms with Gasteiger partial charge in [-0.1, -0.05) is 27.2 Å². The second-order valence-electron chi connectivity index (χ2n) is 7.92. The van der Waals surface area contributed by atoms with Crippen LogP contribution in [-0.2, 0) is 16.6 Å². The number of nitrogens with one attached hydrogen (secondary N) is 2. The van der Waals surface area contributed by atoms with Gasteiger partial charge < -0.3 is 15.4 Å². The van der Waals surface area contributed by atoms with Crippen molar-refractivity contribution >= 4 is 23.7 Å². The first-order valence-electron chi connectivity index (χ1n) is 9.03. The molecule has 3 atom stereocenters. The molecule has 2 heterocycles. The Balaban J connectivity index is 0.00000208. The van der Waals surface area contributed by atoms with Crippen molar-refractivity contribution in [1.82, 2.24) is 15.6 Å². The number of halogens is 1. The van der Waals surface area contributed by atoms with Gasteiger partial charge in [-0.2, -0.15) is 0 Å². The predicted octanol–water partition coefficient (Wildman–Crippen LogP) is 3.15. The first-order chi connectivity index (χ1) is 11.0. The Morgan fingerprint density at radius 2 is 2.21 bits per heavy atom. The lowest BCUT2D eigenvalue weighted by Crippen LogP contribution is -2.51. The van der Waals surface area contributed by atoms with Crippen LogP contribution >= 0.6 is 23.7 Å². The number of morpholine rings is 1. The number of hydrogen-bond acceptors (Lipinski definition) is 5. The van der Waals surface area contributed by atoms with Crippen molar-refractivity contribution in [2.24, 2.45) is 5.92 Å². The lowest BCUT2D eigenvalue weighted by Gasteiger charge is -2.33. The van der Waals surface area contributed by atoms with Crippen LogP contribution in [0, 0.1) is 5.92 Å². The molecule has 1 aromatic rings. The van der Waals surface area contributed by atoms with Crippen molar-refractivity contribution in [1.29, 1.82) is 0 Å². The van der Waals surface area contributed by atoms with Crippen LogP contribution in [-0.4, -0.2) is 43.4 Å². The normalized spacial score (nSPS) is 27.9. The largest absolute Gasteiger partial charge is 0.379 e. The van der Waals surface area contributed by atoms with Gasteiger partial charge in [-0.25, -0.2) is 4.98 Å². The standard InChI is InChI=1S/C18H31N3OS.ClH/c1-18(2,3)16-12-23-17(21-16)7-8-19-14-6-4-5-13(14)15-11-22-10-9-20-15;/h12-15,19-20H,4-11H2,1-3H3;1H. The first-order valence-corrected chi connectivity index (χ1v) is 9.91. The minimum absolute atomic E-state index is 0. The van der Waals surface area contributed by atoms with Crippen molar-refractivity contribution < 1.29 is 4.74 Å². The zero-order valence-corrected chi connectivity index (χ0v) is 16.8. The molecule has 3 rings (SSSR count). The number of aromatic nitrogens is 1. The van der Waals surface area contributed by atoms with Crippen LogP contribution in [0.25, 0.3) is 0 Å². The molecule has 1 saturated heterocycles. The van der Waals surface area contributed by atoms with E-state index in [1.54, 1.807) is 11.3 Å². The monoisotopic (exact) mass is 373 g/mol. The molecular formula is C18H32ClN3OS. The molecule has 0 spiro atoms. The van der Waals surface area contributed by atoms with Crippen molar-refractivity contribution in [2.45, 2.75) is 64.0 Å². The smallest absolute Gasteiger partial charge is 0.0941 e. The maximum absolute atomic E-state index is 5.65. The van der Waals surface area contributed by atoms with Gasteiger partial charge >= 0.3 is 0 Å². The van der Waals surface area contributed by atoms with Gasteiger partial charge in [-0.3, -0.25) is 0 Å². The Kier molecular flexibility index (Phi) is 7.50. The second kappa shape index (κ2) is 8.95. The minimum atomic E-state index is 0. The fraction of sp³-hybridized carbons (Fsp3) is 0.833. The van der Waals surface area contributed by atoms with E-state index >= 15 is 0 Å². The summed E-state index contributed by atoms with van der Waals surface area (Å²) in [6.45, 7) is 10.5. The summed E-state index contributed by atoms with van der Waals surface area (Å²) >= 11 is 1.80. The Bertz CT molecular complexity index is 497. The quantitative estimate of drug-likeness (QED) is 0.832. The third-order valence-electron chi connectivity index (χ3n) is 5.10. The molecular weight excluding hydrogens is 342 g/mol. The fourth-order valence-electron chi connectivity index (χ4n) is 3.72. The highest BCUT2D eigenvalue weighted by molar-refractivity contribution is 7.09. The molecule has 3 unspecified atom stereocenters. The van der Waals surface area contributed by atoms with Gasteiger partial charge in [0.2, 0.25) is 0 Å². The summed E-state index contributed by atoms with van der Waals surface area (Å²) in [6.07, 6.45) is 5.00. The van der Waals surface area contributed by atoms with Crippen LogP contribution in [0.1, 0.15) is 50.7 Å². The second-order valence-corrected chi connectivity index (χ2v) is 8.86. The van der Waals surface area contributed by atoms with Crippen molar-refractivity contribution in [3.8, 4) is 0 Å². The highest BCUT2D eigenvalue weighted by Gasteiger charge is 2.34. The Labute approximate surface area is 156 Å². The van der Waals surface area contributed by atoms with Crippen LogP contribution in [0.2, 0.25) is 0 Å². The Morgan fingerprint density at radius 1 is 1.38 bits per heavy atom. The van der Waals surface area contributed by atoms with Gasteiger partial charge in [0.15, 0.2) is 0 Å². The van der Waals surface area contributed by atoms with Crippen molar-refractivity contribution in [2.75, 3.05) is 26.3 Å². The van der Waals surface area contributed by atoms with Gasteiger partial charge in [0.25, 0.3) is 0 Å². The van der Waals surface area contributed by atoms with E-state index in [2.05, 4.69) is 36.8 Å². The van der Waals surface area contributed by atoms with E-state index in [-0.39, 0.29) is 17.8 Å². The summed E-state index contributed by atoms with van der Waals surface area (Å²) in [5, 5.41) is 10.9. The molecule has 0 aromatic carbocycles. The summed E-state index contributed by atoms with van der Waals surface area (Å²) in [4.78, 5) is 4.80. The molecule has 2 N–H and O–H groups in total. The summed E-state index contributed by atoms with van der Waals surface area (Å²) in [5.41, 5.74) is 1.38. The maximum Gasteiger partial charge on any atom is 0.0941 e. The molecule has 2 fully saturated rings. The Hall–Kier alpha value is -0.200. The summed E-state index contributed by atoms with van der Waals surface area (Å²) in [7, 11) is 0. The number of hydrogen-bond donors (Lipinski definition) is 2. The van der Waals surface area contributed by atoms with Gasteiger partial charge in [0.05, 0.1) is 23.9 Å². The molecule has 138 valence electrons. The van der Waals surface area contributed by atoms with Gasteiger partial charge in [0, 0.05) is 42.4 Å². The average molecular weight is 374 g/mol. The lowest BCUT2D eigenvalue weighted by atomic mass is 9.93. The number of ether oxygens (including phenoxy) is 1. The SMILES string of the molecule is CC(C)(C)c1csc(CCNC2CCCC2C2COCCN2)n1.Cl. The number of thiazole rings is 1. The van der Waals surface area contributed by atoms with Crippen LogP contribution in [0.3, 0.4) is 0 Å². The van der Waals surface area contributed by atoms with Crippen molar-refractivity contribution in [3.05, 3.63) is 16.1 Å². The highest BCUT2D eigenvalue weighted by atomic mass is 35.5. The lowest BCUT2D eigenvalue weighted by molar-refractivity contribution is 0.0526. The Morgan fingerprint density at radius 3 is 2.88 bits per heavy atom. The van der Waals surface area contributed by atoms with E-state index in [0.29, 0.717) is 12.1 Å². The fourth-order valence-corrected chi connectivity index (χ4v) is 4.74. The molecule has 0 amide bonds. The number of rotatable bonds is 5. The van der Waals surface area contributed by atoms with E-state index in [1.807, 2.05) is 0 Å². The summed E-state index contributed by atoms with van der Waals surface area (Å²) in [5.74, 6) is 0.719. The van der Waals surface area contributed by atoms with Crippen molar-refractivity contribution in [3.63, 3.8) is 0 Å². The zero-order valence-electron chi connectivity index (χ0n) is 15.1. The molecule has 2 aliphatic rings. The first kappa shape index (κ1) is 20.1. The molecule has 4 nitrogen and oxygen atoms in total. The highest BCUT2D eigenvalue weighted by Crippen LogP contribution is 2.29. The molecule has 0 bridgehead atoms. The molecule has 1 saturated carbocycles. The molecule has 1 aliphatic carbocycles. The molecule has 0 radical (unpaired) electrons. The average Bonchev–Trinajstić information content (AvgIpc) is 3.17. The van der Waals surface area contributed by atoms with E-state index in [9.17, 15) is 0 Å². The van der Waals surface area contributed by atoms with Crippen LogP contribution < -0.4 is 10.6 Å². The number of nitrogens with zero attached hydrogens (tertiary/aromatic N) is 1. The van der Waals surface area contributed by atoms with Crippen LogP contribution in [0.4, 0.5) is 0 Å². The van der Waals surface area contributed by atoms with Gasteiger partial charge in [-0.15, -0.1) is 23.7 Å². The van der Waals surface area contributed by atoms with Gasteiger partial charge in [0.1, 0.15) is 0 Å². The van der Waals surface area contributed by atoms with Crippen LogP contribution in [0.5, 0.6) is 0 Å². The van der Waals surface area contributed by atoms with E-state index in [4.69, 9.17) is 9.72 Å². The maximum atomic E-state index is 5.65. The third kappa shape index (κ3) is 5.15. The summed E-state index contributed by atoms with van der Waals surface area (Å²) < 4.78 is 5.65. The third-order valence-corrected chi connectivity index (χ3v) is 6.01. The minimum Gasteiger partial charge on any atom is -0.379 e. The molecule has 6 heteroatoms. The van der Waals surface area contributed by atoms with E-state index < -0.39 is 0 Å².